The van der Waals surface area contributed by atoms with Crippen molar-refractivity contribution in [2.75, 3.05) is 19.7 Å². The molecule has 1 atom stereocenters. The van der Waals surface area contributed by atoms with Gasteiger partial charge in [0.05, 0.1) is 23.3 Å². The van der Waals surface area contributed by atoms with Crippen molar-refractivity contribution in [2.24, 2.45) is 0 Å². The summed E-state index contributed by atoms with van der Waals surface area (Å²) in [7, 11) is 0. The molecule has 1 heterocycles. The number of phenolic OH excluding ortho intramolecular Hbond substituents is 1. The summed E-state index contributed by atoms with van der Waals surface area (Å²) in [5, 5.41) is 12.6. The molecule has 1 aliphatic rings. The minimum absolute atomic E-state index is 0.143. The van der Waals surface area contributed by atoms with Gasteiger partial charge in [-0.3, -0.25) is 0 Å². The molecule has 1 fully saturated rings. The van der Waals surface area contributed by atoms with Crippen LogP contribution in [0.2, 0.25) is 5.02 Å². The van der Waals surface area contributed by atoms with Crippen molar-refractivity contribution in [3.8, 4) is 5.75 Å². The maximum atomic E-state index is 12.5. The summed E-state index contributed by atoms with van der Waals surface area (Å²) in [4.78, 5) is 0. The predicted octanol–water partition coefficient (Wildman–Crippen LogP) is 2.73. The van der Waals surface area contributed by atoms with Crippen LogP contribution >= 0.6 is 11.6 Å². The molecule has 100 valence electrons. The van der Waals surface area contributed by atoms with Crippen LogP contribution < -0.4 is 5.32 Å². The summed E-state index contributed by atoms with van der Waals surface area (Å²) >= 11 is 5.81. The Hall–Kier alpha value is -0.980. The highest BCUT2D eigenvalue weighted by atomic mass is 35.5. The molecular formula is C11H11ClF3NO2. The first-order valence-corrected chi connectivity index (χ1v) is 5.69. The van der Waals surface area contributed by atoms with Crippen molar-refractivity contribution >= 4 is 11.6 Å². The molecule has 2 N–H and O–H groups in total. The maximum Gasteiger partial charge on any atom is 0.416 e. The lowest BCUT2D eigenvalue weighted by Gasteiger charge is -2.25. The van der Waals surface area contributed by atoms with Crippen LogP contribution in [0.4, 0.5) is 13.2 Å². The van der Waals surface area contributed by atoms with E-state index in [1.165, 1.54) is 0 Å². The van der Waals surface area contributed by atoms with Gasteiger partial charge >= 0.3 is 6.18 Å². The van der Waals surface area contributed by atoms with Gasteiger partial charge in [-0.1, -0.05) is 11.6 Å². The summed E-state index contributed by atoms with van der Waals surface area (Å²) < 4.78 is 42.9. The van der Waals surface area contributed by atoms with Crippen LogP contribution in [0.25, 0.3) is 0 Å². The third-order valence-electron chi connectivity index (χ3n) is 2.68. The Bertz CT molecular complexity index is 421. The van der Waals surface area contributed by atoms with Gasteiger partial charge in [0.15, 0.2) is 0 Å². The Balaban J connectivity index is 2.37. The molecule has 0 aromatic heterocycles. The van der Waals surface area contributed by atoms with E-state index >= 15 is 0 Å². The van der Waals surface area contributed by atoms with E-state index in [4.69, 9.17) is 16.3 Å². The zero-order chi connectivity index (χ0) is 13.3. The summed E-state index contributed by atoms with van der Waals surface area (Å²) in [6, 6.07) is 1.47. The van der Waals surface area contributed by atoms with Gasteiger partial charge in [0, 0.05) is 18.7 Å². The van der Waals surface area contributed by atoms with Gasteiger partial charge in [0.2, 0.25) is 0 Å². The molecule has 18 heavy (non-hydrogen) atoms. The van der Waals surface area contributed by atoms with Crippen molar-refractivity contribution < 1.29 is 23.0 Å². The van der Waals surface area contributed by atoms with Crippen LogP contribution in [-0.4, -0.2) is 24.8 Å². The van der Waals surface area contributed by atoms with E-state index in [9.17, 15) is 18.3 Å². The Morgan fingerprint density at radius 2 is 2.11 bits per heavy atom. The number of benzene rings is 1. The molecule has 3 nitrogen and oxygen atoms in total. The number of phenols is 1. The first kappa shape index (κ1) is 13.5. The van der Waals surface area contributed by atoms with Crippen molar-refractivity contribution in [1.29, 1.82) is 0 Å². The minimum Gasteiger partial charge on any atom is -0.507 e. The topological polar surface area (TPSA) is 41.5 Å². The average Bonchev–Trinajstić information content (AvgIpc) is 2.28. The molecule has 1 aromatic carbocycles. The molecule has 1 aromatic rings. The van der Waals surface area contributed by atoms with Crippen molar-refractivity contribution in [2.45, 2.75) is 12.3 Å². The Morgan fingerprint density at radius 1 is 1.39 bits per heavy atom. The number of nitrogens with one attached hydrogen (secondary N) is 1. The third-order valence-corrected chi connectivity index (χ3v) is 3.00. The molecule has 0 amide bonds. The van der Waals surface area contributed by atoms with Gasteiger partial charge in [-0.25, -0.2) is 0 Å². The van der Waals surface area contributed by atoms with E-state index in [0.717, 1.165) is 6.07 Å². The first-order valence-electron chi connectivity index (χ1n) is 5.31. The Labute approximate surface area is 107 Å². The highest BCUT2D eigenvalue weighted by molar-refractivity contribution is 6.31. The fourth-order valence-electron chi connectivity index (χ4n) is 1.84. The van der Waals surface area contributed by atoms with Gasteiger partial charge < -0.3 is 15.2 Å². The largest absolute Gasteiger partial charge is 0.507 e. The van der Waals surface area contributed by atoms with Crippen LogP contribution in [0, 0.1) is 0 Å². The van der Waals surface area contributed by atoms with Gasteiger partial charge in [-0.2, -0.15) is 13.2 Å². The summed E-state index contributed by atoms with van der Waals surface area (Å²) in [6.07, 6.45) is -5.07. The number of halogens is 4. The van der Waals surface area contributed by atoms with Crippen molar-refractivity contribution in [3.63, 3.8) is 0 Å². The zero-order valence-electron chi connectivity index (χ0n) is 9.22. The van der Waals surface area contributed by atoms with E-state index in [2.05, 4.69) is 5.32 Å². The van der Waals surface area contributed by atoms with Gasteiger partial charge in [0.1, 0.15) is 5.75 Å². The lowest BCUT2D eigenvalue weighted by atomic mass is 10.0. The Morgan fingerprint density at radius 3 is 2.61 bits per heavy atom. The standard InChI is InChI=1S/C11H11ClF3NO2/c12-7-3-6(11(13,14)15)4-8(17)10(7)9-5-16-1-2-18-9/h3-4,9,16-17H,1-2,5H2. The quantitative estimate of drug-likeness (QED) is 0.832. The maximum absolute atomic E-state index is 12.5. The van der Waals surface area contributed by atoms with Crippen LogP contribution in [0.3, 0.4) is 0 Å². The number of alkyl halides is 3. The highest BCUT2D eigenvalue weighted by Gasteiger charge is 2.33. The number of hydrogen-bond donors (Lipinski definition) is 2. The van der Waals surface area contributed by atoms with Gasteiger partial charge in [-0.15, -0.1) is 0 Å². The normalized spacial score (nSPS) is 21.0. The average molecular weight is 282 g/mol. The second-order valence-corrected chi connectivity index (χ2v) is 4.36. The molecule has 2 rings (SSSR count). The van der Waals surface area contributed by atoms with Crippen molar-refractivity contribution in [3.05, 3.63) is 28.3 Å². The lowest BCUT2D eigenvalue weighted by Crippen LogP contribution is -2.33. The van der Waals surface area contributed by atoms with E-state index in [-0.39, 0.29) is 10.6 Å². The number of rotatable bonds is 1. The molecule has 1 aliphatic heterocycles. The zero-order valence-corrected chi connectivity index (χ0v) is 9.98. The van der Waals surface area contributed by atoms with Crippen molar-refractivity contribution in [1.82, 2.24) is 5.32 Å². The number of hydrogen-bond acceptors (Lipinski definition) is 3. The lowest BCUT2D eigenvalue weighted by molar-refractivity contribution is -0.137. The van der Waals surface area contributed by atoms with Crippen LogP contribution in [0.1, 0.15) is 17.2 Å². The molecule has 0 bridgehead atoms. The molecular weight excluding hydrogens is 271 g/mol. The van der Waals surface area contributed by atoms with Crippen LogP contribution in [0.15, 0.2) is 12.1 Å². The monoisotopic (exact) mass is 281 g/mol. The summed E-state index contributed by atoms with van der Waals surface area (Å²) in [5.41, 5.74) is -0.783. The number of morpholine rings is 1. The minimum atomic E-state index is -4.54. The van der Waals surface area contributed by atoms with E-state index in [0.29, 0.717) is 25.8 Å². The van der Waals surface area contributed by atoms with Gasteiger partial charge in [-0.05, 0) is 12.1 Å². The fourth-order valence-corrected chi connectivity index (χ4v) is 2.17. The molecule has 0 radical (unpaired) electrons. The van der Waals surface area contributed by atoms with Crippen LogP contribution in [-0.2, 0) is 10.9 Å². The fraction of sp³-hybridized carbons (Fsp3) is 0.455. The second-order valence-electron chi connectivity index (χ2n) is 3.95. The van der Waals surface area contributed by atoms with E-state index in [1.807, 2.05) is 0 Å². The van der Waals surface area contributed by atoms with E-state index in [1.54, 1.807) is 0 Å². The number of ether oxygens (including phenoxy) is 1. The summed E-state index contributed by atoms with van der Waals surface area (Å²) in [5.74, 6) is -0.497. The first-order chi connectivity index (χ1) is 8.39. The highest BCUT2D eigenvalue weighted by Crippen LogP contribution is 2.40. The third kappa shape index (κ3) is 2.71. The van der Waals surface area contributed by atoms with E-state index < -0.39 is 23.6 Å². The Kier molecular flexibility index (Phi) is 3.70. The molecule has 0 spiro atoms. The smallest absolute Gasteiger partial charge is 0.416 e. The number of aromatic hydroxyl groups is 1. The second kappa shape index (κ2) is 4.95. The van der Waals surface area contributed by atoms with Crippen LogP contribution in [0.5, 0.6) is 5.75 Å². The molecule has 0 saturated carbocycles. The molecule has 0 aliphatic carbocycles. The molecule has 1 saturated heterocycles. The SMILES string of the molecule is Oc1cc(C(F)(F)F)cc(Cl)c1C1CNCCO1. The molecule has 1 unspecified atom stereocenters. The summed E-state index contributed by atoms with van der Waals surface area (Å²) in [6.45, 7) is 1.48. The predicted molar refractivity (Wildman–Crippen MR) is 59.7 cm³/mol. The van der Waals surface area contributed by atoms with Gasteiger partial charge in [0.25, 0.3) is 0 Å². The molecule has 7 heteroatoms.